The molecule has 0 aliphatic carbocycles. The zero-order valence-corrected chi connectivity index (χ0v) is 13.4. The van der Waals surface area contributed by atoms with Crippen molar-refractivity contribution in [3.8, 4) is 0 Å². The first-order valence-electron chi connectivity index (χ1n) is 6.68. The molecule has 0 bridgehead atoms. The second-order valence-electron chi connectivity index (χ2n) is 4.53. The lowest BCUT2D eigenvalue weighted by molar-refractivity contribution is 1.10. The van der Waals surface area contributed by atoms with Crippen molar-refractivity contribution >= 4 is 46.7 Å². The number of thiophene rings is 1. The van der Waals surface area contributed by atoms with Gasteiger partial charge in [-0.25, -0.2) is 9.97 Å². The van der Waals surface area contributed by atoms with E-state index in [1.807, 2.05) is 6.07 Å². The summed E-state index contributed by atoms with van der Waals surface area (Å²) >= 11 is 1.44. The first kappa shape index (κ1) is 16.4. The van der Waals surface area contributed by atoms with Crippen molar-refractivity contribution in [3.63, 3.8) is 0 Å². The van der Waals surface area contributed by atoms with Gasteiger partial charge in [-0.1, -0.05) is 0 Å². The predicted octanol–water partition coefficient (Wildman–Crippen LogP) is 1.31. The molecule has 0 saturated carbocycles. The van der Waals surface area contributed by atoms with Crippen LogP contribution in [0.25, 0.3) is 5.57 Å². The second-order valence-corrected chi connectivity index (χ2v) is 5.70. The zero-order valence-electron chi connectivity index (χ0n) is 12.6. The summed E-state index contributed by atoms with van der Waals surface area (Å²) in [5.74, 6) is 0.741. The summed E-state index contributed by atoms with van der Waals surface area (Å²) in [6.45, 7) is 0.481. The normalized spacial score (nSPS) is 11.8. The van der Waals surface area contributed by atoms with Crippen LogP contribution in [0.4, 0.5) is 17.3 Å². The monoisotopic (exact) mass is 330 g/mol. The lowest BCUT2D eigenvalue weighted by Gasteiger charge is -2.09. The lowest BCUT2D eigenvalue weighted by Crippen LogP contribution is -2.07. The molecule has 0 aromatic carbocycles. The smallest absolute Gasteiger partial charge is 0.169 e. The molecule has 0 aliphatic heterocycles. The highest BCUT2D eigenvalue weighted by atomic mass is 32.1. The minimum Gasteiger partial charge on any atom is -0.404 e. The largest absolute Gasteiger partial charge is 0.404 e. The molecule has 0 amide bonds. The third-order valence-electron chi connectivity index (χ3n) is 2.95. The van der Waals surface area contributed by atoms with Gasteiger partial charge in [-0.3, -0.25) is 4.99 Å². The summed E-state index contributed by atoms with van der Waals surface area (Å²) < 4.78 is 0. The minimum atomic E-state index is 0.287. The Morgan fingerprint density at radius 2 is 2.26 bits per heavy atom. The fraction of sp³-hybridized carbons (Fsp3) is 0.143. The number of hydrogen-bond donors (Lipinski definition) is 5. The first-order chi connectivity index (χ1) is 11.1. The summed E-state index contributed by atoms with van der Waals surface area (Å²) in [4.78, 5) is 14.2. The molecule has 0 saturated heterocycles. The lowest BCUT2D eigenvalue weighted by atomic mass is 10.2. The van der Waals surface area contributed by atoms with E-state index in [4.69, 9.17) is 22.6 Å². The highest BCUT2D eigenvalue weighted by molar-refractivity contribution is 7.14. The maximum absolute atomic E-state index is 7.28. The second kappa shape index (κ2) is 7.36. The Morgan fingerprint density at radius 1 is 1.48 bits per heavy atom. The van der Waals surface area contributed by atoms with Crippen LogP contribution in [-0.2, 0) is 6.54 Å². The van der Waals surface area contributed by atoms with Crippen LogP contribution in [0.2, 0.25) is 0 Å². The zero-order chi connectivity index (χ0) is 16.8. The maximum atomic E-state index is 7.28. The molecular weight excluding hydrogens is 312 g/mol. The highest BCUT2D eigenvalue weighted by Gasteiger charge is 2.09. The summed E-state index contributed by atoms with van der Waals surface area (Å²) in [5.41, 5.74) is 19.0. The Hall–Kier alpha value is -2.94. The van der Waals surface area contributed by atoms with E-state index < -0.39 is 0 Å². The Kier molecular flexibility index (Phi) is 5.26. The first-order valence-corrected chi connectivity index (χ1v) is 7.50. The van der Waals surface area contributed by atoms with Crippen LogP contribution in [0, 0.1) is 5.41 Å². The fourth-order valence-electron chi connectivity index (χ4n) is 1.85. The van der Waals surface area contributed by atoms with Crippen LogP contribution >= 0.6 is 11.3 Å². The van der Waals surface area contributed by atoms with Gasteiger partial charge in [-0.05, 0) is 6.07 Å². The number of nitrogens with zero attached hydrogens (tertiary/aromatic N) is 3. The molecule has 8 nitrogen and oxygen atoms in total. The van der Waals surface area contributed by atoms with Crippen LogP contribution in [-0.4, -0.2) is 29.4 Å². The van der Waals surface area contributed by atoms with E-state index in [1.54, 1.807) is 13.3 Å². The molecule has 0 spiro atoms. The summed E-state index contributed by atoms with van der Waals surface area (Å²) in [6, 6.07) is 1.82. The Labute approximate surface area is 137 Å². The van der Waals surface area contributed by atoms with Gasteiger partial charge in [0.1, 0.15) is 0 Å². The molecule has 0 aliphatic rings. The fourth-order valence-corrected chi connectivity index (χ4v) is 2.69. The number of nitrogens with one attached hydrogen (secondary N) is 2. The molecule has 0 radical (unpaired) electrons. The summed E-state index contributed by atoms with van der Waals surface area (Å²) in [5, 5.41) is 10.4. The van der Waals surface area contributed by atoms with Crippen LogP contribution < -0.4 is 22.5 Å². The molecule has 2 rings (SSSR count). The number of rotatable bonds is 6. The Balaban J connectivity index is 2.20. The Morgan fingerprint density at radius 3 is 2.87 bits per heavy atom. The molecule has 2 heterocycles. The van der Waals surface area contributed by atoms with Gasteiger partial charge in [0, 0.05) is 36.1 Å². The van der Waals surface area contributed by atoms with Crippen molar-refractivity contribution in [3.05, 3.63) is 33.9 Å². The van der Waals surface area contributed by atoms with Crippen molar-refractivity contribution < 1.29 is 0 Å². The summed E-state index contributed by atoms with van der Waals surface area (Å²) in [7, 11) is 1.65. The van der Waals surface area contributed by atoms with E-state index in [0.717, 1.165) is 9.75 Å². The van der Waals surface area contributed by atoms with E-state index >= 15 is 0 Å². The SMILES string of the molecule is CN=CC(=CN)c1cnc(N)c(NCc2cc(N)c(C=N)s2)n1. The quantitative estimate of drug-likeness (QED) is 0.503. The van der Waals surface area contributed by atoms with Crippen molar-refractivity contribution in [1.82, 2.24) is 9.97 Å². The van der Waals surface area contributed by atoms with E-state index in [-0.39, 0.29) is 5.82 Å². The van der Waals surface area contributed by atoms with Gasteiger partial charge < -0.3 is 27.9 Å². The van der Waals surface area contributed by atoms with Gasteiger partial charge in [0.2, 0.25) is 0 Å². The number of aromatic nitrogens is 2. The predicted molar refractivity (Wildman–Crippen MR) is 97.0 cm³/mol. The van der Waals surface area contributed by atoms with E-state index in [1.165, 1.54) is 29.9 Å². The van der Waals surface area contributed by atoms with Crippen molar-refractivity contribution in [2.75, 3.05) is 23.8 Å². The van der Waals surface area contributed by atoms with Gasteiger partial charge in [0.25, 0.3) is 0 Å². The molecule has 120 valence electrons. The van der Waals surface area contributed by atoms with Crippen LogP contribution in [0.15, 0.2) is 23.5 Å². The topological polar surface area (TPSA) is 152 Å². The number of aliphatic imine (C=N–C) groups is 1. The molecule has 0 atom stereocenters. The average Bonchev–Trinajstić information content (AvgIpc) is 2.92. The van der Waals surface area contributed by atoms with Crippen LogP contribution in [0.3, 0.4) is 0 Å². The van der Waals surface area contributed by atoms with E-state index in [0.29, 0.717) is 29.3 Å². The molecule has 0 fully saturated rings. The third-order valence-corrected chi connectivity index (χ3v) is 4.05. The molecule has 2 aromatic rings. The average molecular weight is 330 g/mol. The Bertz CT molecular complexity index is 762. The van der Waals surface area contributed by atoms with Gasteiger partial charge in [-0.2, -0.15) is 0 Å². The molecule has 2 aromatic heterocycles. The standard InChI is InChI=1S/C14H18N8S/c1-19-5-8(3-15)11-7-20-13(18)14(22-11)21-6-9-2-10(17)12(4-16)23-9/h2-5,7,16H,6,15,17H2,1H3,(H2,18,20)(H,21,22). The maximum Gasteiger partial charge on any atom is 0.169 e. The number of anilines is 3. The molecule has 23 heavy (non-hydrogen) atoms. The highest BCUT2D eigenvalue weighted by Crippen LogP contribution is 2.24. The molecule has 8 N–H and O–H groups in total. The van der Waals surface area contributed by atoms with Crippen LogP contribution in [0.1, 0.15) is 15.4 Å². The van der Waals surface area contributed by atoms with Gasteiger partial charge in [0.15, 0.2) is 11.6 Å². The number of hydrogen-bond acceptors (Lipinski definition) is 9. The molecule has 9 heteroatoms. The number of nitrogens with two attached hydrogens (primary N) is 3. The number of nitrogen functional groups attached to an aromatic ring is 2. The number of allylic oxidation sites excluding steroid dienone is 1. The van der Waals surface area contributed by atoms with Gasteiger partial charge in [0.05, 0.1) is 29.0 Å². The van der Waals surface area contributed by atoms with Crippen molar-refractivity contribution in [1.29, 1.82) is 5.41 Å². The van der Waals surface area contributed by atoms with Gasteiger partial charge >= 0.3 is 0 Å². The third kappa shape index (κ3) is 3.83. The van der Waals surface area contributed by atoms with Crippen LogP contribution in [0.5, 0.6) is 0 Å². The van der Waals surface area contributed by atoms with E-state index in [2.05, 4.69) is 20.3 Å². The van der Waals surface area contributed by atoms with E-state index in [9.17, 15) is 0 Å². The van der Waals surface area contributed by atoms with Crippen molar-refractivity contribution in [2.45, 2.75) is 6.54 Å². The summed E-state index contributed by atoms with van der Waals surface area (Å²) in [6.07, 6.45) is 5.78. The van der Waals surface area contributed by atoms with Crippen molar-refractivity contribution in [2.24, 2.45) is 10.7 Å². The van der Waals surface area contributed by atoms with Gasteiger partial charge in [-0.15, -0.1) is 11.3 Å². The molecular formula is C14H18N8S. The molecule has 0 unspecified atom stereocenters. The minimum absolute atomic E-state index is 0.287.